The van der Waals surface area contributed by atoms with E-state index in [4.69, 9.17) is 19.9 Å². The number of nitrogen functional groups attached to an aromatic ring is 1. The minimum atomic E-state index is -0.765. The van der Waals surface area contributed by atoms with Crippen molar-refractivity contribution < 1.29 is 28.9 Å². The maximum absolute atomic E-state index is 13.3. The number of aliphatic hydroxyl groups excluding tert-OH is 1. The molecule has 218 valence electrons. The predicted octanol–water partition coefficient (Wildman–Crippen LogP) is 0.249. The Labute approximate surface area is 244 Å². The molecule has 4 aromatic rings. The highest BCUT2D eigenvalue weighted by Gasteiger charge is 2.48. The number of hydrogen-bond acceptors (Lipinski definition) is 14. The van der Waals surface area contributed by atoms with Crippen LogP contribution in [0.4, 0.5) is 11.5 Å². The smallest absolute Gasteiger partial charge is 0.295 e. The number of carbonyl (C=O) groups excluding carboxylic acids is 2. The van der Waals surface area contributed by atoms with Crippen molar-refractivity contribution >= 4 is 56.1 Å². The Hall–Kier alpha value is -4.03. The van der Waals surface area contributed by atoms with E-state index in [9.17, 15) is 19.5 Å². The highest BCUT2D eigenvalue weighted by atomic mass is 32.1. The summed E-state index contributed by atoms with van der Waals surface area (Å²) in [5.41, 5.74) is 5.13. The Morgan fingerprint density at radius 2 is 2.00 bits per heavy atom. The molecule has 0 aromatic carbocycles. The predicted molar refractivity (Wildman–Crippen MR) is 149 cm³/mol. The van der Waals surface area contributed by atoms with Gasteiger partial charge >= 0.3 is 0 Å². The molecule has 7 heterocycles. The van der Waals surface area contributed by atoms with Crippen LogP contribution in [0.1, 0.15) is 33.0 Å². The molecule has 15 nitrogen and oxygen atoms in total. The highest BCUT2D eigenvalue weighted by molar-refractivity contribution is 7.19. The third-order valence-electron chi connectivity index (χ3n) is 7.32. The van der Waals surface area contributed by atoms with E-state index in [0.717, 1.165) is 26.3 Å². The minimum Gasteiger partial charge on any atom is -0.460 e. The van der Waals surface area contributed by atoms with E-state index in [1.165, 1.54) is 22.1 Å². The number of hydrogen-bond donors (Lipinski definition) is 4. The maximum Gasteiger partial charge on any atom is 0.295 e. The number of anilines is 2. The number of thiophene rings is 1. The van der Waals surface area contributed by atoms with Crippen LogP contribution in [-0.4, -0.2) is 79.3 Å². The summed E-state index contributed by atoms with van der Waals surface area (Å²) >= 11 is 2.39. The number of nitrogens with one attached hydrogen (secondary N) is 2. The summed E-state index contributed by atoms with van der Waals surface area (Å²) in [6.07, 6.45) is 1.69. The summed E-state index contributed by atoms with van der Waals surface area (Å²) < 4.78 is 19.2. The first-order chi connectivity index (χ1) is 20.3. The fourth-order valence-electron chi connectivity index (χ4n) is 5.32. The van der Waals surface area contributed by atoms with Crippen LogP contribution in [0.3, 0.4) is 0 Å². The molecule has 3 aliphatic rings. The Morgan fingerprint density at radius 3 is 2.88 bits per heavy atom. The molecule has 0 saturated carbocycles. The van der Waals surface area contributed by atoms with E-state index in [2.05, 4.69) is 30.8 Å². The van der Waals surface area contributed by atoms with Crippen LogP contribution in [0.5, 0.6) is 5.19 Å². The monoisotopic (exact) mass is 612 g/mol. The third-order valence-corrected chi connectivity index (χ3v) is 9.23. The lowest BCUT2D eigenvalue weighted by atomic mass is 10.1. The Kier molecular flexibility index (Phi) is 6.82. The average Bonchev–Trinajstić information content (AvgIpc) is 3.80. The molecule has 0 aliphatic carbocycles. The molecule has 2 saturated heterocycles. The quantitative estimate of drug-likeness (QED) is 0.222. The Balaban J connectivity index is 1.01. The van der Waals surface area contributed by atoms with Crippen molar-refractivity contribution in [1.82, 2.24) is 30.0 Å². The molecule has 7 rings (SSSR count). The second-order valence-corrected chi connectivity index (χ2v) is 12.2. The van der Waals surface area contributed by atoms with Crippen LogP contribution in [-0.2, 0) is 27.2 Å². The fourth-order valence-corrected chi connectivity index (χ4v) is 6.99. The van der Waals surface area contributed by atoms with Crippen LogP contribution in [0.15, 0.2) is 29.3 Å². The van der Waals surface area contributed by atoms with Crippen molar-refractivity contribution in [2.75, 3.05) is 24.3 Å². The first-order valence-corrected chi connectivity index (χ1v) is 14.7. The van der Waals surface area contributed by atoms with E-state index in [1.54, 1.807) is 12.3 Å². The van der Waals surface area contributed by atoms with Crippen molar-refractivity contribution in [1.29, 1.82) is 0 Å². The number of rotatable bonds is 7. The zero-order chi connectivity index (χ0) is 29.0. The molecule has 42 heavy (non-hydrogen) atoms. The van der Waals surface area contributed by atoms with Crippen molar-refractivity contribution in [2.45, 2.75) is 49.8 Å². The zero-order valence-electron chi connectivity index (χ0n) is 21.8. The largest absolute Gasteiger partial charge is 0.460 e. The van der Waals surface area contributed by atoms with Gasteiger partial charge in [-0.1, -0.05) is 5.10 Å². The van der Waals surface area contributed by atoms with Gasteiger partial charge in [-0.05, 0) is 29.9 Å². The van der Waals surface area contributed by atoms with Crippen molar-refractivity contribution in [3.8, 4) is 5.19 Å². The molecule has 3 aliphatic heterocycles. The van der Waals surface area contributed by atoms with Gasteiger partial charge in [-0.3, -0.25) is 19.0 Å². The number of carbonyl (C=O) groups is 2. The van der Waals surface area contributed by atoms with E-state index >= 15 is 0 Å². The van der Waals surface area contributed by atoms with Crippen LogP contribution in [0.2, 0.25) is 0 Å². The number of fused-ring (bicyclic) bond motifs is 3. The number of amides is 2. The molecule has 17 heteroatoms. The van der Waals surface area contributed by atoms with E-state index in [1.807, 2.05) is 6.07 Å². The van der Waals surface area contributed by atoms with Gasteiger partial charge < -0.3 is 35.7 Å². The van der Waals surface area contributed by atoms with Crippen molar-refractivity contribution in [3.63, 3.8) is 0 Å². The fraction of sp³-hybridized carbons (Fsp3) is 0.400. The summed E-state index contributed by atoms with van der Waals surface area (Å²) in [6.45, 7) is 0.646. The average molecular weight is 613 g/mol. The SMILES string of the molecule is Nc1cc2sc(CNC(=O)[C@@H]3CCc4ncc(NC(=O)c5nnc(O[C@@H]6CO[C@H]7[C@@H]6OC[C@H]7O)s5)c(=O)n43)cc2cn1. The first kappa shape index (κ1) is 26.8. The van der Waals surface area contributed by atoms with Gasteiger partial charge in [0.15, 0.2) is 6.10 Å². The molecule has 5 atom stereocenters. The van der Waals surface area contributed by atoms with E-state index in [0.29, 0.717) is 24.5 Å². The number of aryl methyl sites for hydroxylation is 1. The molecular weight excluding hydrogens is 588 g/mol. The standard InChI is InChI=1S/C25H24N8O7S2/c26-17-4-16-10(5-27-17)3-11(41-16)6-29-21(35)13-1-2-18-28-7-12(24(37)33(13)18)30-22(36)23-31-32-25(42-23)40-15-9-39-19-14(34)8-38-20(15)19/h3-5,7,13-15,19-20,34H,1-2,6,8-9H2,(H2,26,27)(H,29,35)(H,30,36)/t13-,14+,15+,19+,20+/m0/s1. The minimum absolute atomic E-state index is 0.0349. The van der Waals surface area contributed by atoms with Crippen LogP contribution < -0.4 is 26.7 Å². The molecule has 5 N–H and O–H groups in total. The number of ether oxygens (including phenoxy) is 3. The molecule has 2 amide bonds. The van der Waals surface area contributed by atoms with Crippen molar-refractivity contribution in [2.24, 2.45) is 0 Å². The normalized spacial score (nSPS) is 24.5. The van der Waals surface area contributed by atoms with E-state index in [-0.39, 0.29) is 41.6 Å². The molecule has 0 radical (unpaired) electrons. The van der Waals surface area contributed by atoms with Gasteiger partial charge in [0.1, 0.15) is 41.7 Å². The summed E-state index contributed by atoms with van der Waals surface area (Å²) in [6, 6.07) is 2.95. The number of aliphatic hydroxyl groups is 1. The molecule has 2 fully saturated rings. The van der Waals surface area contributed by atoms with Gasteiger partial charge in [-0.2, -0.15) is 0 Å². The molecule has 0 unspecified atom stereocenters. The van der Waals surface area contributed by atoms with Gasteiger partial charge in [-0.15, -0.1) is 16.4 Å². The second-order valence-electron chi connectivity index (χ2n) is 10.0. The summed E-state index contributed by atoms with van der Waals surface area (Å²) in [4.78, 5) is 48.7. The van der Waals surface area contributed by atoms with Gasteiger partial charge in [0.25, 0.3) is 16.7 Å². The lowest BCUT2D eigenvalue weighted by molar-refractivity contribution is -0.124. The zero-order valence-corrected chi connectivity index (χ0v) is 23.4. The van der Waals surface area contributed by atoms with Gasteiger partial charge in [0.2, 0.25) is 10.9 Å². The van der Waals surface area contributed by atoms with Crippen molar-refractivity contribution in [3.05, 3.63) is 50.6 Å². The molecule has 0 bridgehead atoms. The summed E-state index contributed by atoms with van der Waals surface area (Å²) in [7, 11) is 0. The van der Waals surface area contributed by atoms with Gasteiger partial charge in [0.05, 0.1) is 26.0 Å². The second kappa shape index (κ2) is 10.7. The molecule has 4 aromatic heterocycles. The Morgan fingerprint density at radius 1 is 1.14 bits per heavy atom. The van der Waals surface area contributed by atoms with Gasteiger partial charge in [0, 0.05) is 27.6 Å². The van der Waals surface area contributed by atoms with Crippen LogP contribution >= 0.6 is 22.7 Å². The first-order valence-electron chi connectivity index (χ1n) is 13.1. The lowest BCUT2D eigenvalue weighted by Gasteiger charge is -2.15. The summed E-state index contributed by atoms with van der Waals surface area (Å²) in [5, 5.41) is 24.1. The number of nitrogens with two attached hydrogens (primary N) is 1. The summed E-state index contributed by atoms with van der Waals surface area (Å²) in [5.74, 6) is -0.104. The van der Waals surface area contributed by atoms with Crippen LogP contribution in [0, 0.1) is 0 Å². The van der Waals surface area contributed by atoms with E-state index < -0.39 is 41.9 Å². The maximum atomic E-state index is 13.3. The number of pyridine rings is 1. The number of nitrogens with zero attached hydrogens (tertiary/aromatic N) is 5. The highest BCUT2D eigenvalue weighted by Crippen LogP contribution is 2.31. The molecule has 0 spiro atoms. The Bertz CT molecular complexity index is 1760. The van der Waals surface area contributed by atoms with Gasteiger partial charge in [-0.25, -0.2) is 9.97 Å². The lowest BCUT2D eigenvalue weighted by Crippen LogP contribution is -2.36. The van der Waals surface area contributed by atoms with Crippen LogP contribution in [0.25, 0.3) is 10.1 Å². The number of aromatic nitrogens is 5. The molecular formula is C25H24N8O7S2. The topological polar surface area (TPSA) is 206 Å². The third kappa shape index (κ3) is 4.88.